The predicted octanol–water partition coefficient (Wildman–Crippen LogP) is 10.1. The molecule has 1 aromatic rings. The third-order valence-corrected chi connectivity index (χ3v) is 7.58. The minimum absolute atomic E-state index is 0.170. The molecule has 2 heteroatoms. The Kier molecular flexibility index (Phi) is 16.0. The molecule has 1 aliphatic rings. The Morgan fingerprint density at radius 2 is 1.34 bits per heavy atom. The molecule has 202 valence electrons. The molecule has 0 amide bonds. The molecule has 3 atom stereocenters. The summed E-state index contributed by atoms with van der Waals surface area (Å²) in [7, 11) is 0. The lowest BCUT2D eigenvalue weighted by Crippen LogP contribution is -2.26. The first-order valence-corrected chi connectivity index (χ1v) is 15.2. The van der Waals surface area contributed by atoms with Gasteiger partial charge in [0.15, 0.2) is 0 Å². The molecule has 0 N–H and O–H groups in total. The van der Waals surface area contributed by atoms with Gasteiger partial charge in [0, 0.05) is 6.61 Å². The first kappa shape index (κ1) is 30.4. The van der Waals surface area contributed by atoms with Crippen molar-refractivity contribution in [2.75, 3.05) is 13.2 Å². The number of ether oxygens (including phenoxy) is 2. The molecular formula is C33H58O2. The largest absolute Gasteiger partial charge is 0.379 e. The molecule has 0 radical (unpaired) electrons. The molecule has 1 saturated carbocycles. The van der Waals surface area contributed by atoms with E-state index in [0.29, 0.717) is 13.2 Å². The van der Waals surface area contributed by atoms with Gasteiger partial charge in [-0.15, -0.1) is 0 Å². The van der Waals surface area contributed by atoms with E-state index in [4.69, 9.17) is 9.47 Å². The van der Waals surface area contributed by atoms with Crippen molar-refractivity contribution in [2.45, 2.75) is 143 Å². The van der Waals surface area contributed by atoms with Gasteiger partial charge >= 0.3 is 0 Å². The molecule has 0 bridgehead atoms. The summed E-state index contributed by atoms with van der Waals surface area (Å²) in [5.74, 6) is 2.14. The summed E-state index contributed by atoms with van der Waals surface area (Å²) in [6.45, 7) is 11.4. The van der Waals surface area contributed by atoms with Crippen LogP contribution in [-0.2, 0) is 16.1 Å². The van der Waals surface area contributed by atoms with Crippen LogP contribution in [-0.4, -0.2) is 19.3 Å². The zero-order chi connectivity index (χ0) is 25.2. The van der Waals surface area contributed by atoms with E-state index in [0.717, 1.165) is 24.9 Å². The third-order valence-electron chi connectivity index (χ3n) is 7.58. The van der Waals surface area contributed by atoms with Crippen molar-refractivity contribution in [2.24, 2.45) is 17.3 Å². The van der Waals surface area contributed by atoms with Crippen LogP contribution >= 0.6 is 0 Å². The minimum atomic E-state index is 0.170. The van der Waals surface area contributed by atoms with Gasteiger partial charge in [-0.1, -0.05) is 141 Å². The second-order valence-electron chi connectivity index (χ2n) is 12.5. The zero-order valence-electron chi connectivity index (χ0n) is 23.9. The molecule has 1 fully saturated rings. The van der Waals surface area contributed by atoms with Gasteiger partial charge in [0.1, 0.15) is 0 Å². The average Bonchev–Trinajstić information content (AvgIpc) is 3.58. The Morgan fingerprint density at radius 1 is 0.771 bits per heavy atom. The fourth-order valence-corrected chi connectivity index (χ4v) is 5.37. The Hall–Kier alpha value is -0.860. The highest BCUT2D eigenvalue weighted by Gasteiger charge is 2.35. The molecule has 0 aliphatic heterocycles. The van der Waals surface area contributed by atoms with E-state index < -0.39 is 0 Å². The van der Waals surface area contributed by atoms with E-state index >= 15 is 0 Å². The van der Waals surface area contributed by atoms with Gasteiger partial charge in [0.25, 0.3) is 0 Å². The van der Waals surface area contributed by atoms with E-state index in [2.05, 4.69) is 58.0 Å². The minimum Gasteiger partial charge on any atom is -0.379 e. The predicted molar refractivity (Wildman–Crippen MR) is 152 cm³/mol. The zero-order valence-corrected chi connectivity index (χ0v) is 23.9. The highest BCUT2D eigenvalue weighted by atomic mass is 16.5. The number of rotatable bonds is 22. The smallest absolute Gasteiger partial charge is 0.0818 e. The normalized spacial score (nSPS) is 18.6. The Balaban J connectivity index is 1.41. The average molecular weight is 487 g/mol. The van der Waals surface area contributed by atoms with E-state index in [1.54, 1.807) is 0 Å². The molecule has 1 aromatic carbocycles. The van der Waals surface area contributed by atoms with E-state index in [-0.39, 0.29) is 11.5 Å². The Bertz CT molecular complexity index is 605. The van der Waals surface area contributed by atoms with Crippen LogP contribution in [0, 0.1) is 17.3 Å². The molecule has 1 aliphatic carbocycles. The van der Waals surface area contributed by atoms with Crippen LogP contribution in [0.25, 0.3) is 0 Å². The highest BCUT2D eigenvalue weighted by Crippen LogP contribution is 2.45. The van der Waals surface area contributed by atoms with Crippen LogP contribution in [0.3, 0.4) is 0 Å². The van der Waals surface area contributed by atoms with Gasteiger partial charge in [-0.3, -0.25) is 0 Å². The lowest BCUT2D eigenvalue weighted by Gasteiger charge is -2.26. The highest BCUT2D eigenvalue weighted by molar-refractivity contribution is 5.13. The van der Waals surface area contributed by atoms with Crippen molar-refractivity contribution in [3.63, 3.8) is 0 Å². The van der Waals surface area contributed by atoms with Gasteiger partial charge in [0.2, 0.25) is 0 Å². The maximum absolute atomic E-state index is 6.23. The van der Waals surface area contributed by atoms with Crippen molar-refractivity contribution in [3.8, 4) is 0 Å². The van der Waals surface area contributed by atoms with E-state index in [1.165, 1.54) is 102 Å². The molecule has 0 heterocycles. The number of hydrogen-bond acceptors (Lipinski definition) is 2. The number of unbranched alkanes of at least 4 members (excludes halogenated alkanes) is 10. The Morgan fingerprint density at radius 3 is 1.94 bits per heavy atom. The van der Waals surface area contributed by atoms with Crippen LogP contribution in [0.1, 0.15) is 136 Å². The summed E-state index contributed by atoms with van der Waals surface area (Å²) in [5, 5.41) is 0. The molecule has 0 saturated heterocycles. The van der Waals surface area contributed by atoms with Gasteiger partial charge in [0.05, 0.1) is 19.3 Å². The van der Waals surface area contributed by atoms with Gasteiger partial charge in [-0.05, 0) is 42.1 Å². The molecule has 2 rings (SSSR count). The van der Waals surface area contributed by atoms with Crippen LogP contribution in [0.2, 0.25) is 0 Å². The third kappa shape index (κ3) is 16.5. The summed E-state index contributed by atoms with van der Waals surface area (Å²) in [4.78, 5) is 0. The monoisotopic (exact) mass is 486 g/mol. The standard InChI is InChI=1S/C33H58O2/c1-5-6-7-8-9-10-11-17-22-30-25-31(30)23-18-12-13-19-24-34-28-32(26-33(2,3)4)35-27-29-20-15-14-16-21-29/h14-16,20-21,30-32H,5-13,17-19,22-28H2,1-4H3. The van der Waals surface area contributed by atoms with Gasteiger partial charge < -0.3 is 9.47 Å². The fraction of sp³-hybridized carbons (Fsp3) is 0.818. The molecule has 0 aromatic heterocycles. The van der Waals surface area contributed by atoms with Crippen LogP contribution < -0.4 is 0 Å². The molecular weight excluding hydrogens is 428 g/mol. The lowest BCUT2D eigenvalue weighted by molar-refractivity contribution is -0.0430. The second kappa shape index (κ2) is 18.4. The first-order valence-electron chi connectivity index (χ1n) is 15.2. The van der Waals surface area contributed by atoms with Crippen molar-refractivity contribution < 1.29 is 9.47 Å². The van der Waals surface area contributed by atoms with E-state index in [9.17, 15) is 0 Å². The van der Waals surface area contributed by atoms with Crippen molar-refractivity contribution >= 4 is 0 Å². The summed E-state index contributed by atoms with van der Waals surface area (Å²) >= 11 is 0. The molecule has 3 unspecified atom stereocenters. The van der Waals surface area contributed by atoms with Crippen molar-refractivity contribution in [3.05, 3.63) is 35.9 Å². The molecule has 2 nitrogen and oxygen atoms in total. The van der Waals surface area contributed by atoms with Crippen LogP contribution in [0.4, 0.5) is 0 Å². The fourth-order valence-electron chi connectivity index (χ4n) is 5.37. The lowest BCUT2D eigenvalue weighted by atomic mass is 9.89. The topological polar surface area (TPSA) is 18.5 Å². The summed E-state index contributed by atoms with van der Waals surface area (Å²) in [5.41, 5.74) is 1.49. The van der Waals surface area contributed by atoms with E-state index in [1.807, 2.05) is 0 Å². The van der Waals surface area contributed by atoms with Crippen molar-refractivity contribution in [1.82, 2.24) is 0 Å². The second-order valence-corrected chi connectivity index (χ2v) is 12.5. The number of benzene rings is 1. The quantitative estimate of drug-likeness (QED) is 0.152. The Labute approximate surface area is 219 Å². The first-order chi connectivity index (χ1) is 17.0. The summed E-state index contributed by atoms with van der Waals surface area (Å²) in [6, 6.07) is 10.5. The van der Waals surface area contributed by atoms with Crippen LogP contribution in [0.5, 0.6) is 0 Å². The number of hydrogen-bond donors (Lipinski definition) is 0. The maximum Gasteiger partial charge on any atom is 0.0818 e. The maximum atomic E-state index is 6.23. The van der Waals surface area contributed by atoms with Crippen molar-refractivity contribution in [1.29, 1.82) is 0 Å². The van der Waals surface area contributed by atoms with Gasteiger partial charge in [-0.2, -0.15) is 0 Å². The summed E-state index contributed by atoms with van der Waals surface area (Å²) in [6.07, 6.45) is 22.6. The SMILES string of the molecule is CCCCCCCCCCC1CC1CCCCCCOCC(CC(C)(C)C)OCc1ccccc1. The molecule has 0 spiro atoms. The molecule has 35 heavy (non-hydrogen) atoms. The van der Waals surface area contributed by atoms with Gasteiger partial charge in [-0.25, -0.2) is 0 Å². The summed E-state index contributed by atoms with van der Waals surface area (Å²) < 4.78 is 12.3. The van der Waals surface area contributed by atoms with Crippen LogP contribution in [0.15, 0.2) is 30.3 Å².